The number of rotatable bonds is 3. The Morgan fingerprint density at radius 3 is 2.50 bits per heavy atom. The minimum atomic E-state index is -4.65. The van der Waals surface area contributed by atoms with E-state index in [4.69, 9.17) is 0 Å². The van der Waals surface area contributed by atoms with Gasteiger partial charge >= 0.3 is 12.3 Å². The van der Waals surface area contributed by atoms with Crippen LogP contribution in [-0.4, -0.2) is 27.9 Å². The predicted molar refractivity (Wildman–Crippen MR) is 38.5 cm³/mol. The highest BCUT2D eigenvalue weighted by Gasteiger charge is 2.49. The Hall–Kier alpha value is -1.40. The van der Waals surface area contributed by atoms with E-state index < -0.39 is 23.7 Å². The number of ketones is 1. The number of aromatic nitrogens is 2. The molecule has 7 heteroatoms. The van der Waals surface area contributed by atoms with Crippen LogP contribution in [-0.2, 0) is 7.05 Å². The molecule has 3 nitrogen and oxygen atoms in total. The molecular weight excluding hydrogens is 204 g/mol. The topological polar surface area (TPSA) is 34.9 Å². The number of hydrogen-bond acceptors (Lipinski definition) is 2. The molecule has 0 spiro atoms. The molecule has 0 aliphatic heterocycles. The molecule has 0 fully saturated rings. The van der Waals surface area contributed by atoms with Gasteiger partial charge in [0.2, 0.25) is 5.78 Å². The van der Waals surface area contributed by atoms with Gasteiger partial charge in [0.1, 0.15) is 0 Å². The highest BCUT2D eigenvalue weighted by molar-refractivity contribution is 6.01. The first kappa shape index (κ1) is 10.7. The van der Waals surface area contributed by atoms with Crippen molar-refractivity contribution in [1.29, 1.82) is 0 Å². The van der Waals surface area contributed by atoms with Crippen LogP contribution in [0, 0.1) is 0 Å². The Morgan fingerprint density at radius 2 is 2.14 bits per heavy atom. The lowest BCUT2D eigenvalue weighted by Crippen LogP contribution is -2.36. The van der Waals surface area contributed by atoms with Crippen molar-refractivity contribution in [3.63, 3.8) is 0 Å². The van der Waals surface area contributed by atoms with Crippen LogP contribution in [0.1, 0.15) is 10.4 Å². The molecule has 0 amide bonds. The second-order valence-electron chi connectivity index (χ2n) is 2.66. The van der Waals surface area contributed by atoms with Crippen molar-refractivity contribution in [3.8, 4) is 0 Å². The Morgan fingerprint density at radius 1 is 1.57 bits per heavy atom. The zero-order chi connectivity index (χ0) is 10.9. The molecule has 0 saturated carbocycles. The van der Waals surface area contributed by atoms with Gasteiger partial charge in [-0.1, -0.05) is 0 Å². The Bertz CT molecular complexity index is 347. The normalized spacial score (nSPS) is 12.1. The smallest absolute Gasteiger partial charge is 0.287 e. The summed E-state index contributed by atoms with van der Waals surface area (Å²) < 4.78 is 49.6. The zero-order valence-corrected chi connectivity index (χ0v) is 7.05. The maximum Gasteiger partial charge on any atom is 0.369 e. The van der Waals surface area contributed by atoms with E-state index in [9.17, 15) is 22.4 Å². The minimum Gasteiger partial charge on any atom is -0.287 e. The second kappa shape index (κ2) is 3.39. The van der Waals surface area contributed by atoms with Crippen molar-refractivity contribution in [1.82, 2.24) is 9.78 Å². The van der Waals surface area contributed by atoms with Gasteiger partial charge < -0.3 is 0 Å². The number of aryl methyl sites for hydroxylation is 1. The molecule has 1 rings (SSSR count). The highest BCUT2D eigenvalue weighted by Crippen LogP contribution is 2.26. The molecule has 14 heavy (non-hydrogen) atoms. The maximum atomic E-state index is 12.5. The van der Waals surface area contributed by atoms with Gasteiger partial charge in [0.25, 0.3) is 0 Å². The third kappa shape index (κ3) is 1.75. The van der Waals surface area contributed by atoms with Gasteiger partial charge in [-0.15, -0.1) is 0 Å². The van der Waals surface area contributed by atoms with E-state index in [2.05, 4.69) is 5.10 Å². The van der Waals surface area contributed by atoms with Gasteiger partial charge in [0.05, 0.1) is 11.8 Å². The molecule has 78 valence electrons. The van der Waals surface area contributed by atoms with Crippen LogP contribution in [0.5, 0.6) is 0 Å². The third-order valence-electron chi connectivity index (χ3n) is 1.54. The molecule has 0 saturated heterocycles. The fourth-order valence-electron chi connectivity index (χ4n) is 0.830. The fraction of sp³-hybridized carbons (Fsp3) is 0.429. The number of Topliss-reactive ketones (excluding diaryl/α,β-unsaturated/α-hetero) is 1. The Labute approximate surface area is 76.3 Å². The summed E-state index contributed by atoms with van der Waals surface area (Å²) >= 11 is 0. The van der Waals surface area contributed by atoms with E-state index in [0.29, 0.717) is 0 Å². The molecule has 0 atom stereocenters. The molecule has 0 N–H and O–H groups in total. The largest absolute Gasteiger partial charge is 0.369 e. The Kier molecular flexibility index (Phi) is 2.59. The van der Waals surface area contributed by atoms with Crippen LogP contribution < -0.4 is 0 Å². The summed E-state index contributed by atoms with van der Waals surface area (Å²) in [6, 6.07) is 0. The van der Waals surface area contributed by atoms with Crippen LogP contribution in [0.15, 0.2) is 12.4 Å². The van der Waals surface area contributed by atoms with Crippen molar-refractivity contribution in [2.45, 2.75) is 12.3 Å². The van der Waals surface area contributed by atoms with E-state index in [1.165, 1.54) is 7.05 Å². The first-order valence-electron chi connectivity index (χ1n) is 3.55. The van der Waals surface area contributed by atoms with Gasteiger partial charge in [-0.2, -0.15) is 13.9 Å². The molecule has 0 radical (unpaired) electrons. The van der Waals surface area contributed by atoms with E-state index >= 15 is 0 Å². The average Bonchev–Trinajstić information content (AvgIpc) is 2.50. The van der Waals surface area contributed by atoms with Gasteiger partial charge in [-0.25, -0.2) is 8.78 Å². The summed E-state index contributed by atoms with van der Waals surface area (Å²) in [5, 5.41) is 3.43. The van der Waals surface area contributed by atoms with Crippen molar-refractivity contribution >= 4 is 5.78 Å². The van der Waals surface area contributed by atoms with Crippen LogP contribution in [0.4, 0.5) is 17.6 Å². The number of halogens is 4. The molecule has 0 bridgehead atoms. The van der Waals surface area contributed by atoms with E-state index in [-0.39, 0.29) is 0 Å². The average molecular weight is 210 g/mol. The summed E-state index contributed by atoms with van der Waals surface area (Å²) in [6.45, 7) is 0. The number of hydrogen-bond donors (Lipinski definition) is 0. The number of alkyl halides is 4. The number of nitrogens with zero attached hydrogens (tertiary/aromatic N) is 2. The summed E-state index contributed by atoms with van der Waals surface area (Å²) in [5.74, 6) is -6.57. The van der Waals surface area contributed by atoms with Gasteiger partial charge in [-0.05, 0) is 0 Å². The van der Waals surface area contributed by atoms with Gasteiger partial charge in [0.15, 0.2) is 0 Å². The predicted octanol–water partition coefficient (Wildman–Crippen LogP) is 1.50. The lowest BCUT2D eigenvalue weighted by Gasteiger charge is -2.11. The third-order valence-corrected chi connectivity index (χ3v) is 1.54. The van der Waals surface area contributed by atoms with Crippen molar-refractivity contribution in [2.24, 2.45) is 7.05 Å². The van der Waals surface area contributed by atoms with E-state index in [0.717, 1.165) is 17.1 Å². The lowest BCUT2D eigenvalue weighted by atomic mass is 10.1. The first-order chi connectivity index (χ1) is 6.35. The molecule has 0 aliphatic carbocycles. The SMILES string of the molecule is Cn1cc(C(=O)C(F)(F)C(F)F)cn1. The minimum absolute atomic E-state index is 0.530. The molecule has 1 aromatic rings. The fourth-order valence-corrected chi connectivity index (χ4v) is 0.830. The second-order valence-corrected chi connectivity index (χ2v) is 2.66. The summed E-state index contributed by atoms with van der Waals surface area (Å²) in [4.78, 5) is 10.8. The number of carbonyl (C=O) groups excluding carboxylic acids is 1. The standard InChI is InChI=1S/C7H6F4N2O/c1-13-3-4(2-12-13)5(14)7(10,11)6(8)9/h2-3,6H,1H3. The van der Waals surface area contributed by atoms with Crippen LogP contribution in [0.25, 0.3) is 0 Å². The quantitative estimate of drug-likeness (QED) is 0.559. The van der Waals surface area contributed by atoms with Crippen molar-refractivity contribution in [3.05, 3.63) is 18.0 Å². The van der Waals surface area contributed by atoms with Crippen LogP contribution >= 0.6 is 0 Å². The van der Waals surface area contributed by atoms with Crippen molar-refractivity contribution in [2.75, 3.05) is 0 Å². The molecule has 1 aromatic heterocycles. The lowest BCUT2D eigenvalue weighted by molar-refractivity contribution is -0.0958. The van der Waals surface area contributed by atoms with Crippen molar-refractivity contribution < 1.29 is 22.4 Å². The monoisotopic (exact) mass is 210 g/mol. The molecule has 0 aromatic carbocycles. The summed E-state index contributed by atoms with van der Waals surface area (Å²) in [5.41, 5.74) is -0.530. The molecule has 0 unspecified atom stereocenters. The molecule has 1 heterocycles. The zero-order valence-electron chi connectivity index (χ0n) is 7.05. The highest BCUT2D eigenvalue weighted by atomic mass is 19.3. The Balaban J connectivity index is 2.96. The first-order valence-corrected chi connectivity index (χ1v) is 3.55. The summed E-state index contributed by atoms with van der Waals surface area (Å²) in [7, 11) is 1.39. The van der Waals surface area contributed by atoms with Crippen LogP contribution in [0.2, 0.25) is 0 Å². The van der Waals surface area contributed by atoms with E-state index in [1.807, 2.05) is 0 Å². The van der Waals surface area contributed by atoms with Crippen LogP contribution in [0.3, 0.4) is 0 Å². The molecular formula is C7H6F4N2O. The van der Waals surface area contributed by atoms with E-state index in [1.54, 1.807) is 0 Å². The maximum absolute atomic E-state index is 12.5. The molecule has 0 aliphatic rings. The number of carbonyl (C=O) groups is 1. The summed E-state index contributed by atoms with van der Waals surface area (Å²) in [6.07, 6.45) is -2.23. The van der Waals surface area contributed by atoms with Gasteiger partial charge in [-0.3, -0.25) is 9.48 Å². The van der Waals surface area contributed by atoms with Gasteiger partial charge in [0, 0.05) is 13.2 Å².